The van der Waals surface area contributed by atoms with Gasteiger partial charge in [-0.3, -0.25) is 4.79 Å². The predicted molar refractivity (Wildman–Crippen MR) is 103 cm³/mol. The van der Waals surface area contributed by atoms with Crippen molar-refractivity contribution in [3.05, 3.63) is 59.2 Å². The molecule has 2 atom stereocenters. The first kappa shape index (κ1) is 21.8. The van der Waals surface area contributed by atoms with Crippen LogP contribution in [-0.4, -0.2) is 33.8 Å². The van der Waals surface area contributed by atoms with Gasteiger partial charge < -0.3 is 26.4 Å². The van der Waals surface area contributed by atoms with Gasteiger partial charge in [0.25, 0.3) is 5.91 Å². The van der Waals surface area contributed by atoms with Crippen molar-refractivity contribution in [1.29, 1.82) is 0 Å². The number of primary amides is 1. The van der Waals surface area contributed by atoms with E-state index in [0.29, 0.717) is 12.1 Å². The maximum atomic E-state index is 11.3. The molecule has 1 amide bonds. The molecular weight excluding hydrogens is 356 g/mol. The minimum absolute atomic E-state index is 0. The van der Waals surface area contributed by atoms with Crippen LogP contribution in [-0.2, 0) is 6.42 Å². The molecule has 0 aromatic heterocycles. The van der Waals surface area contributed by atoms with Gasteiger partial charge in [-0.25, -0.2) is 0 Å². The number of carbonyl (C=O) groups excluding carboxylic acids is 1. The van der Waals surface area contributed by atoms with Gasteiger partial charge in [0.2, 0.25) is 0 Å². The van der Waals surface area contributed by atoms with Gasteiger partial charge in [0, 0.05) is 12.6 Å². The van der Waals surface area contributed by atoms with Gasteiger partial charge in [0.1, 0.15) is 11.5 Å². The smallest absolute Gasteiger partial charge is 0.252 e. The molecule has 2 unspecified atom stereocenters. The number of rotatable bonds is 8. The van der Waals surface area contributed by atoms with Crippen LogP contribution in [0.2, 0.25) is 0 Å². The van der Waals surface area contributed by atoms with Gasteiger partial charge >= 0.3 is 0 Å². The maximum Gasteiger partial charge on any atom is 0.252 e. The second-order valence-electron chi connectivity index (χ2n) is 6.17. The fourth-order valence-corrected chi connectivity index (χ4v) is 2.54. The molecule has 7 heteroatoms. The third-order valence-electron chi connectivity index (χ3n) is 4.13. The van der Waals surface area contributed by atoms with Crippen LogP contribution in [0.5, 0.6) is 11.5 Å². The first-order valence-electron chi connectivity index (χ1n) is 8.19. The highest BCUT2D eigenvalue weighted by Gasteiger charge is 2.14. The molecule has 0 radical (unpaired) electrons. The Morgan fingerprint density at radius 3 is 2.42 bits per heavy atom. The fraction of sp³-hybridized carbons (Fsp3) is 0.316. The zero-order valence-corrected chi connectivity index (χ0v) is 15.4. The number of halogens is 1. The van der Waals surface area contributed by atoms with Crippen LogP contribution in [0.3, 0.4) is 0 Å². The van der Waals surface area contributed by atoms with E-state index in [1.807, 2.05) is 19.1 Å². The molecule has 6 nitrogen and oxygen atoms in total. The number of phenols is 2. The highest BCUT2D eigenvalue weighted by atomic mass is 35.5. The third-order valence-corrected chi connectivity index (χ3v) is 4.13. The number of aryl methyl sites for hydroxylation is 1. The number of aromatic hydroxyl groups is 2. The average Bonchev–Trinajstić information content (AvgIpc) is 2.59. The SMILES string of the molecule is CC(CCc1ccc(O)cc1)NCC(O)c1ccc(O)c(C(N)=O)c1.Cl. The summed E-state index contributed by atoms with van der Waals surface area (Å²) < 4.78 is 0. The van der Waals surface area contributed by atoms with E-state index in [0.717, 1.165) is 18.4 Å². The summed E-state index contributed by atoms with van der Waals surface area (Å²) in [4.78, 5) is 11.3. The van der Waals surface area contributed by atoms with Crippen LogP contribution in [0.15, 0.2) is 42.5 Å². The number of phenolic OH excluding ortho intramolecular Hbond substituents is 1. The molecule has 26 heavy (non-hydrogen) atoms. The van der Waals surface area contributed by atoms with Crippen molar-refractivity contribution in [2.24, 2.45) is 5.73 Å². The molecule has 0 fully saturated rings. The van der Waals surface area contributed by atoms with Gasteiger partial charge in [0.05, 0.1) is 11.7 Å². The Morgan fingerprint density at radius 1 is 1.15 bits per heavy atom. The number of amides is 1. The van der Waals surface area contributed by atoms with Crippen LogP contribution in [0.4, 0.5) is 0 Å². The zero-order chi connectivity index (χ0) is 18.4. The summed E-state index contributed by atoms with van der Waals surface area (Å²) in [5.41, 5.74) is 6.85. The number of carbonyl (C=O) groups is 1. The van der Waals surface area contributed by atoms with Gasteiger partial charge in [-0.1, -0.05) is 18.2 Å². The summed E-state index contributed by atoms with van der Waals surface area (Å²) in [6, 6.07) is 11.6. The van der Waals surface area contributed by atoms with E-state index in [4.69, 9.17) is 5.73 Å². The number of aliphatic hydroxyl groups is 1. The van der Waals surface area contributed by atoms with Crippen molar-refractivity contribution in [3.63, 3.8) is 0 Å². The number of aliphatic hydroxyl groups excluding tert-OH is 1. The van der Waals surface area contributed by atoms with Crippen molar-refractivity contribution in [2.45, 2.75) is 31.9 Å². The largest absolute Gasteiger partial charge is 0.508 e. The minimum Gasteiger partial charge on any atom is -0.508 e. The van der Waals surface area contributed by atoms with E-state index in [1.165, 1.54) is 12.1 Å². The second-order valence-corrected chi connectivity index (χ2v) is 6.17. The molecule has 0 heterocycles. The lowest BCUT2D eigenvalue weighted by molar-refractivity contribution is 0.0997. The zero-order valence-electron chi connectivity index (χ0n) is 14.6. The molecule has 0 saturated heterocycles. The highest BCUT2D eigenvalue weighted by molar-refractivity contribution is 5.95. The highest BCUT2D eigenvalue weighted by Crippen LogP contribution is 2.22. The van der Waals surface area contributed by atoms with Crippen molar-refractivity contribution in [1.82, 2.24) is 5.32 Å². The summed E-state index contributed by atoms with van der Waals surface area (Å²) in [7, 11) is 0. The van der Waals surface area contributed by atoms with Crippen LogP contribution < -0.4 is 11.1 Å². The molecule has 0 bridgehead atoms. The Hall–Kier alpha value is -2.28. The molecule has 6 N–H and O–H groups in total. The first-order valence-corrected chi connectivity index (χ1v) is 8.19. The normalized spacial score (nSPS) is 12.8. The topological polar surface area (TPSA) is 116 Å². The predicted octanol–water partition coefficient (Wildman–Crippen LogP) is 2.26. The number of benzene rings is 2. The van der Waals surface area contributed by atoms with Crippen molar-refractivity contribution < 1.29 is 20.1 Å². The van der Waals surface area contributed by atoms with Crippen LogP contribution >= 0.6 is 12.4 Å². The Balaban J connectivity index is 0.00000338. The van der Waals surface area contributed by atoms with Gasteiger partial charge in [-0.15, -0.1) is 12.4 Å². The van der Waals surface area contributed by atoms with Gasteiger partial charge in [-0.2, -0.15) is 0 Å². The van der Waals surface area contributed by atoms with E-state index in [9.17, 15) is 20.1 Å². The molecule has 0 aliphatic heterocycles. The first-order chi connectivity index (χ1) is 11.9. The van der Waals surface area contributed by atoms with E-state index in [2.05, 4.69) is 5.32 Å². The quantitative estimate of drug-likeness (QED) is 0.481. The van der Waals surface area contributed by atoms with Crippen molar-refractivity contribution in [3.8, 4) is 11.5 Å². The fourth-order valence-electron chi connectivity index (χ4n) is 2.54. The Kier molecular flexibility index (Phi) is 8.38. The molecule has 2 aromatic carbocycles. The Bertz CT molecular complexity index is 722. The molecule has 0 saturated carbocycles. The second kappa shape index (κ2) is 10.0. The molecule has 2 rings (SSSR count). The lowest BCUT2D eigenvalue weighted by atomic mass is 10.0. The minimum atomic E-state index is -0.810. The monoisotopic (exact) mass is 380 g/mol. The number of hydrogen-bond acceptors (Lipinski definition) is 5. The van der Waals surface area contributed by atoms with Crippen molar-refractivity contribution in [2.75, 3.05) is 6.54 Å². The summed E-state index contributed by atoms with van der Waals surface area (Å²) in [5, 5.41) is 32.4. The summed E-state index contributed by atoms with van der Waals surface area (Å²) in [6.07, 6.45) is 0.921. The maximum absolute atomic E-state index is 11.3. The van der Waals surface area contributed by atoms with E-state index < -0.39 is 12.0 Å². The van der Waals surface area contributed by atoms with E-state index in [1.54, 1.807) is 18.2 Å². The lowest BCUT2D eigenvalue weighted by Gasteiger charge is -2.18. The molecule has 0 aliphatic rings. The molecule has 142 valence electrons. The standard InChI is InChI=1S/C19H24N2O4.ClH/c1-12(2-3-13-4-7-15(22)8-5-13)21-11-18(24)14-6-9-17(23)16(10-14)19(20)25;/h4-10,12,18,21-24H,2-3,11H2,1H3,(H2,20,25);1H. The van der Waals surface area contributed by atoms with Crippen LogP contribution in [0.1, 0.15) is 40.9 Å². The molecular formula is C19H25ClN2O4. The Labute approximate surface area is 159 Å². The number of nitrogens with one attached hydrogen (secondary N) is 1. The Morgan fingerprint density at radius 2 is 1.81 bits per heavy atom. The van der Waals surface area contributed by atoms with Crippen LogP contribution in [0, 0.1) is 0 Å². The van der Waals surface area contributed by atoms with Crippen LogP contribution in [0.25, 0.3) is 0 Å². The number of nitrogens with two attached hydrogens (primary N) is 1. The molecule has 2 aromatic rings. The van der Waals surface area contributed by atoms with Crippen molar-refractivity contribution >= 4 is 18.3 Å². The van der Waals surface area contributed by atoms with E-state index >= 15 is 0 Å². The van der Waals surface area contributed by atoms with Gasteiger partial charge in [-0.05, 0) is 55.2 Å². The summed E-state index contributed by atoms with van der Waals surface area (Å²) >= 11 is 0. The molecule has 0 aliphatic carbocycles. The molecule has 0 spiro atoms. The van der Waals surface area contributed by atoms with E-state index in [-0.39, 0.29) is 35.5 Å². The lowest BCUT2D eigenvalue weighted by Crippen LogP contribution is -2.31. The van der Waals surface area contributed by atoms with Gasteiger partial charge in [0.15, 0.2) is 0 Å². The summed E-state index contributed by atoms with van der Waals surface area (Å²) in [5.74, 6) is -0.678. The summed E-state index contributed by atoms with van der Waals surface area (Å²) in [6.45, 7) is 2.35. The third kappa shape index (κ3) is 6.22. The average molecular weight is 381 g/mol. The number of hydrogen-bond donors (Lipinski definition) is 5.